The standard InChI is InChI=1S/C12H19N3OS/c1-9-7-10(2)15-12(14-9)17(16)8-11-5-3-4-6-13-11/h7,11,13H,3-6,8H2,1-2H3/t11-,17+/m0/s1. The first-order chi connectivity index (χ1) is 8.15. The summed E-state index contributed by atoms with van der Waals surface area (Å²) in [4.78, 5) is 8.52. The SMILES string of the molecule is Cc1cc(C)nc([S@](=O)C[C@@H]2CCCCN2)n1. The molecule has 0 saturated carbocycles. The predicted octanol–water partition coefficient (Wildman–Crippen LogP) is 1.34. The highest BCUT2D eigenvalue weighted by molar-refractivity contribution is 7.84. The summed E-state index contributed by atoms with van der Waals surface area (Å²) in [7, 11) is -1.09. The van der Waals surface area contributed by atoms with Crippen molar-refractivity contribution in [2.24, 2.45) is 0 Å². The number of aryl methyl sites for hydroxylation is 2. The minimum Gasteiger partial charge on any atom is -0.313 e. The van der Waals surface area contributed by atoms with Crippen molar-refractivity contribution in [1.29, 1.82) is 0 Å². The van der Waals surface area contributed by atoms with Gasteiger partial charge < -0.3 is 5.32 Å². The molecule has 0 spiro atoms. The number of rotatable bonds is 3. The molecule has 1 aliphatic rings. The lowest BCUT2D eigenvalue weighted by Crippen LogP contribution is -2.38. The maximum absolute atomic E-state index is 12.2. The number of nitrogens with one attached hydrogen (secondary N) is 1. The number of aromatic nitrogens is 2. The molecule has 0 bridgehead atoms. The van der Waals surface area contributed by atoms with Crippen LogP contribution in [0.4, 0.5) is 0 Å². The first-order valence-corrected chi connectivity index (χ1v) is 7.41. The molecule has 0 aromatic carbocycles. The minimum atomic E-state index is -1.09. The Kier molecular flexibility index (Phi) is 4.23. The van der Waals surface area contributed by atoms with Crippen molar-refractivity contribution >= 4 is 10.8 Å². The van der Waals surface area contributed by atoms with Gasteiger partial charge in [-0.25, -0.2) is 9.97 Å². The van der Waals surface area contributed by atoms with Crippen LogP contribution < -0.4 is 5.32 Å². The van der Waals surface area contributed by atoms with Crippen molar-refractivity contribution in [2.75, 3.05) is 12.3 Å². The molecule has 0 unspecified atom stereocenters. The van der Waals surface area contributed by atoms with Gasteiger partial charge in [-0.3, -0.25) is 4.21 Å². The van der Waals surface area contributed by atoms with Crippen molar-refractivity contribution in [3.63, 3.8) is 0 Å². The van der Waals surface area contributed by atoms with Gasteiger partial charge in [0.1, 0.15) is 0 Å². The van der Waals surface area contributed by atoms with E-state index in [1.165, 1.54) is 12.8 Å². The van der Waals surface area contributed by atoms with Crippen LogP contribution in [0.15, 0.2) is 11.2 Å². The maximum Gasteiger partial charge on any atom is 0.218 e. The molecular formula is C12H19N3OS. The van der Waals surface area contributed by atoms with Crippen LogP contribution in [-0.4, -0.2) is 32.5 Å². The fourth-order valence-corrected chi connectivity index (χ4v) is 3.41. The normalized spacial score (nSPS) is 22.4. The Labute approximate surface area is 105 Å². The summed E-state index contributed by atoms with van der Waals surface area (Å²) in [5, 5.41) is 3.88. The minimum absolute atomic E-state index is 0.356. The molecule has 1 saturated heterocycles. The second-order valence-electron chi connectivity index (χ2n) is 4.59. The van der Waals surface area contributed by atoms with Gasteiger partial charge >= 0.3 is 0 Å². The molecule has 1 fully saturated rings. The Balaban J connectivity index is 2.03. The summed E-state index contributed by atoms with van der Waals surface area (Å²) in [6.07, 6.45) is 3.56. The molecule has 2 rings (SSSR count). The summed E-state index contributed by atoms with van der Waals surface area (Å²) in [6.45, 7) is 4.86. The largest absolute Gasteiger partial charge is 0.313 e. The van der Waals surface area contributed by atoms with Gasteiger partial charge in [-0.2, -0.15) is 0 Å². The predicted molar refractivity (Wildman–Crippen MR) is 68.4 cm³/mol. The molecule has 4 nitrogen and oxygen atoms in total. The quantitative estimate of drug-likeness (QED) is 0.826. The second kappa shape index (κ2) is 5.69. The fraction of sp³-hybridized carbons (Fsp3) is 0.667. The van der Waals surface area contributed by atoms with Gasteiger partial charge in [0, 0.05) is 23.2 Å². The van der Waals surface area contributed by atoms with E-state index in [1.807, 2.05) is 19.9 Å². The van der Waals surface area contributed by atoms with Crippen LogP contribution in [-0.2, 0) is 10.8 Å². The van der Waals surface area contributed by atoms with Crippen LogP contribution in [0.1, 0.15) is 30.7 Å². The zero-order valence-corrected chi connectivity index (χ0v) is 11.2. The molecule has 94 valence electrons. The Morgan fingerprint density at radius 3 is 2.65 bits per heavy atom. The Bertz CT molecular complexity index is 396. The summed E-state index contributed by atoms with van der Waals surface area (Å²) >= 11 is 0. The highest BCUT2D eigenvalue weighted by Gasteiger charge is 2.18. The third kappa shape index (κ3) is 3.57. The first kappa shape index (κ1) is 12.6. The Morgan fingerprint density at radius 2 is 2.06 bits per heavy atom. The molecule has 1 aromatic rings. The molecule has 5 heteroatoms. The van der Waals surface area contributed by atoms with Crippen LogP contribution in [0.3, 0.4) is 0 Å². The summed E-state index contributed by atoms with van der Waals surface area (Å²) in [5.74, 6) is 0.628. The van der Waals surface area contributed by atoms with Crippen LogP contribution in [0.2, 0.25) is 0 Å². The van der Waals surface area contributed by atoms with Crippen molar-refractivity contribution in [3.05, 3.63) is 17.5 Å². The Morgan fingerprint density at radius 1 is 1.35 bits per heavy atom. The van der Waals surface area contributed by atoms with Crippen molar-refractivity contribution < 1.29 is 4.21 Å². The van der Waals surface area contributed by atoms with E-state index >= 15 is 0 Å². The number of piperidine rings is 1. The van der Waals surface area contributed by atoms with Gasteiger partial charge in [0.05, 0.1) is 10.8 Å². The monoisotopic (exact) mass is 253 g/mol. The smallest absolute Gasteiger partial charge is 0.218 e. The third-order valence-electron chi connectivity index (χ3n) is 2.93. The van der Waals surface area contributed by atoms with Crippen LogP contribution in [0, 0.1) is 13.8 Å². The third-order valence-corrected chi connectivity index (χ3v) is 4.23. The van der Waals surface area contributed by atoms with Crippen LogP contribution in [0.25, 0.3) is 0 Å². The van der Waals surface area contributed by atoms with Gasteiger partial charge in [0.2, 0.25) is 5.16 Å². The van der Waals surface area contributed by atoms with E-state index in [0.717, 1.165) is 24.4 Å². The fourth-order valence-electron chi connectivity index (χ4n) is 2.12. The average Bonchev–Trinajstić information content (AvgIpc) is 2.29. The van der Waals surface area contributed by atoms with Crippen molar-refractivity contribution in [1.82, 2.24) is 15.3 Å². The van der Waals surface area contributed by atoms with Crippen LogP contribution in [0.5, 0.6) is 0 Å². The van der Waals surface area contributed by atoms with Gasteiger partial charge in [-0.1, -0.05) is 6.42 Å². The molecular weight excluding hydrogens is 234 g/mol. The van der Waals surface area contributed by atoms with E-state index < -0.39 is 10.8 Å². The lowest BCUT2D eigenvalue weighted by molar-refractivity contribution is 0.427. The highest BCUT2D eigenvalue weighted by atomic mass is 32.2. The number of hydrogen-bond acceptors (Lipinski definition) is 4. The van der Waals surface area contributed by atoms with Crippen molar-refractivity contribution in [2.45, 2.75) is 44.3 Å². The highest BCUT2D eigenvalue weighted by Crippen LogP contribution is 2.11. The van der Waals surface area contributed by atoms with E-state index in [1.54, 1.807) is 0 Å². The molecule has 0 aliphatic carbocycles. The molecule has 1 aromatic heterocycles. The maximum atomic E-state index is 12.2. The van der Waals surface area contributed by atoms with E-state index in [0.29, 0.717) is 17.0 Å². The molecule has 2 heterocycles. The molecule has 0 radical (unpaired) electrons. The van der Waals surface area contributed by atoms with E-state index in [2.05, 4.69) is 15.3 Å². The van der Waals surface area contributed by atoms with E-state index in [9.17, 15) is 4.21 Å². The molecule has 1 N–H and O–H groups in total. The average molecular weight is 253 g/mol. The topological polar surface area (TPSA) is 54.9 Å². The van der Waals surface area contributed by atoms with Crippen LogP contribution >= 0.6 is 0 Å². The van der Waals surface area contributed by atoms with Crippen molar-refractivity contribution in [3.8, 4) is 0 Å². The lowest BCUT2D eigenvalue weighted by atomic mass is 10.1. The zero-order valence-electron chi connectivity index (χ0n) is 10.4. The lowest BCUT2D eigenvalue weighted by Gasteiger charge is -2.22. The number of hydrogen-bond donors (Lipinski definition) is 1. The summed E-state index contributed by atoms with van der Waals surface area (Å²) in [6, 6.07) is 2.26. The first-order valence-electron chi connectivity index (χ1n) is 6.09. The number of nitrogens with zero attached hydrogens (tertiary/aromatic N) is 2. The summed E-state index contributed by atoms with van der Waals surface area (Å²) < 4.78 is 12.2. The second-order valence-corrected chi connectivity index (χ2v) is 5.98. The van der Waals surface area contributed by atoms with E-state index in [4.69, 9.17) is 0 Å². The van der Waals surface area contributed by atoms with Gasteiger partial charge in [-0.15, -0.1) is 0 Å². The van der Waals surface area contributed by atoms with Gasteiger partial charge in [0.15, 0.2) is 0 Å². The van der Waals surface area contributed by atoms with E-state index in [-0.39, 0.29) is 0 Å². The summed E-state index contributed by atoms with van der Waals surface area (Å²) in [5.41, 5.74) is 1.77. The molecule has 17 heavy (non-hydrogen) atoms. The van der Waals surface area contributed by atoms with Gasteiger partial charge in [-0.05, 0) is 39.3 Å². The van der Waals surface area contributed by atoms with Gasteiger partial charge in [0.25, 0.3) is 0 Å². The zero-order chi connectivity index (χ0) is 12.3. The molecule has 1 aliphatic heterocycles. The molecule has 0 amide bonds. The Hall–Kier alpha value is -0.810. The molecule has 2 atom stereocenters.